The van der Waals surface area contributed by atoms with Crippen LogP contribution in [-0.2, 0) is 11.3 Å². The van der Waals surface area contributed by atoms with Crippen LogP contribution in [0, 0.1) is 5.82 Å². The molecule has 0 saturated heterocycles. The van der Waals surface area contributed by atoms with E-state index in [1.54, 1.807) is 12.1 Å². The summed E-state index contributed by atoms with van der Waals surface area (Å²) in [7, 11) is 1.94. The molecule has 0 aliphatic heterocycles. The van der Waals surface area contributed by atoms with E-state index in [2.05, 4.69) is 0 Å². The van der Waals surface area contributed by atoms with Gasteiger partial charge in [0.2, 0.25) is 0 Å². The molecule has 0 radical (unpaired) electrons. The second kappa shape index (κ2) is 7.60. The number of alkyl halides is 1. The van der Waals surface area contributed by atoms with Crippen molar-refractivity contribution in [3.05, 3.63) is 35.6 Å². The lowest BCUT2D eigenvalue weighted by molar-refractivity contribution is 0.121. The van der Waals surface area contributed by atoms with E-state index in [0.29, 0.717) is 31.2 Å². The number of ether oxygens (including phenoxy) is 1. The molecule has 0 atom stereocenters. The third-order valence-corrected chi connectivity index (χ3v) is 2.39. The molecule has 0 aliphatic carbocycles. The second-order valence-corrected chi connectivity index (χ2v) is 4.01. The van der Waals surface area contributed by atoms with E-state index in [9.17, 15) is 4.39 Å². The van der Waals surface area contributed by atoms with Crippen molar-refractivity contribution in [2.24, 2.45) is 0 Å². The Labute approximate surface area is 101 Å². The van der Waals surface area contributed by atoms with Crippen molar-refractivity contribution in [3.8, 4) is 0 Å². The molecule has 0 N–H and O–H groups in total. The van der Waals surface area contributed by atoms with Gasteiger partial charge in [-0.25, -0.2) is 4.39 Å². The highest BCUT2D eigenvalue weighted by atomic mass is 35.5. The van der Waals surface area contributed by atoms with Crippen molar-refractivity contribution < 1.29 is 9.13 Å². The maximum absolute atomic E-state index is 13.3. The van der Waals surface area contributed by atoms with E-state index in [1.807, 2.05) is 18.0 Å². The monoisotopic (exact) mass is 245 g/mol. The number of nitrogens with zero attached hydrogens (tertiary/aromatic N) is 1. The number of benzene rings is 1. The van der Waals surface area contributed by atoms with Gasteiger partial charge in [-0.1, -0.05) is 18.2 Å². The Bertz CT molecular complexity index is 309. The van der Waals surface area contributed by atoms with E-state index in [0.717, 1.165) is 6.54 Å². The lowest BCUT2D eigenvalue weighted by atomic mass is 10.2. The average molecular weight is 246 g/mol. The fraction of sp³-hybridized carbons (Fsp3) is 0.500. The fourth-order valence-corrected chi connectivity index (χ4v) is 1.48. The summed E-state index contributed by atoms with van der Waals surface area (Å²) in [6, 6.07) is 6.82. The molecule has 0 fully saturated rings. The average Bonchev–Trinajstić information content (AvgIpc) is 2.28. The fourth-order valence-electron chi connectivity index (χ4n) is 1.37. The van der Waals surface area contributed by atoms with Crippen LogP contribution in [0.15, 0.2) is 24.3 Å². The Morgan fingerprint density at radius 3 is 2.75 bits per heavy atom. The first-order valence-electron chi connectivity index (χ1n) is 5.29. The van der Waals surface area contributed by atoms with Crippen LogP contribution < -0.4 is 0 Å². The summed E-state index contributed by atoms with van der Waals surface area (Å²) < 4.78 is 18.6. The van der Waals surface area contributed by atoms with Gasteiger partial charge in [0.1, 0.15) is 5.82 Å². The van der Waals surface area contributed by atoms with Gasteiger partial charge in [-0.05, 0) is 13.1 Å². The van der Waals surface area contributed by atoms with Gasteiger partial charge < -0.3 is 4.74 Å². The van der Waals surface area contributed by atoms with Gasteiger partial charge in [-0.2, -0.15) is 0 Å². The van der Waals surface area contributed by atoms with E-state index in [1.165, 1.54) is 6.07 Å². The molecule has 0 aromatic heterocycles. The van der Waals surface area contributed by atoms with Crippen molar-refractivity contribution in [3.63, 3.8) is 0 Å². The first-order valence-corrected chi connectivity index (χ1v) is 5.83. The maximum atomic E-state index is 13.3. The van der Waals surface area contributed by atoms with Crippen molar-refractivity contribution in [2.75, 3.05) is 32.7 Å². The molecule has 0 unspecified atom stereocenters. The molecule has 0 heterocycles. The zero-order valence-corrected chi connectivity index (χ0v) is 10.2. The minimum absolute atomic E-state index is 0.156. The first-order chi connectivity index (χ1) is 7.74. The summed E-state index contributed by atoms with van der Waals surface area (Å²) >= 11 is 5.48. The molecule has 0 amide bonds. The van der Waals surface area contributed by atoms with Crippen LogP contribution in [0.2, 0.25) is 0 Å². The Hall–Kier alpha value is -0.640. The van der Waals surface area contributed by atoms with Crippen LogP contribution in [-0.4, -0.2) is 37.6 Å². The normalized spacial score (nSPS) is 11.0. The quantitative estimate of drug-likeness (QED) is 0.541. The number of rotatable bonds is 7. The summed E-state index contributed by atoms with van der Waals surface area (Å²) in [5.74, 6) is 0.354. The van der Waals surface area contributed by atoms with Gasteiger partial charge in [0.05, 0.1) is 13.2 Å². The largest absolute Gasteiger partial charge is 0.379 e. The van der Waals surface area contributed by atoms with Gasteiger partial charge in [-0.3, -0.25) is 4.90 Å². The van der Waals surface area contributed by atoms with Gasteiger partial charge >= 0.3 is 0 Å². The first kappa shape index (κ1) is 13.4. The highest BCUT2D eigenvalue weighted by Crippen LogP contribution is 2.08. The molecule has 0 bridgehead atoms. The van der Waals surface area contributed by atoms with Crippen molar-refractivity contribution in [1.29, 1.82) is 0 Å². The minimum atomic E-state index is -0.156. The summed E-state index contributed by atoms with van der Waals surface area (Å²) in [5, 5.41) is 0. The standard InChI is InChI=1S/C12H17ClFNO/c1-15(7-9-16-8-6-13)10-11-4-2-3-5-12(11)14/h2-5H,6-10H2,1H3. The Balaban J connectivity index is 2.28. The predicted octanol–water partition coefficient (Wildman–Crippen LogP) is 2.51. The lowest BCUT2D eigenvalue weighted by Gasteiger charge is -2.16. The third kappa shape index (κ3) is 4.92. The van der Waals surface area contributed by atoms with E-state index < -0.39 is 0 Å². The molecule has 0 aliphatic rings. The van der Waals surface area contributed by atoms with E-state index in [-0.39, 0.29) is 5.82 Å². The van der Waals surface area contributed by atoms with Crippen molar-refractivity contribution in [2.45, 2.75) is 6.54 Å². The van der Waals surface area contributed by atoms with Gasteiger partial charge in [0, 0.05) is 24.5 Å². The summed E-state index contributed by atoms with van der Waals surface area (Å²) in [4.78, 5) is 2.02. The molecule has 90 valence electrons. The van der Waals surface area contributed by atoms with Crippen LogP contribution in [0.1, 0.15) is 5.56 Å². The molecular formula is C12H17ClFNO. The van der Waals surface area contributed by atoms with E-state index in [4.69, 9.17) is 16.3 Å². The number of hydrogen-bond donors (Lipinski definition) is 0. The summed E-state index contributed by atoms with van der Waals surface area (Å²) in [5.41, 5.74) is 0.711. The Morgan fingerprint density at radius 1 is 1.31 bits per heavy atom. The van der Waals surface area contributed by atoms with Crippen LogP contribution in [0.4, 0.5) is 4.39 Å². The zero-order valence-electron chi connectivity index (χ0n) is 9.46. The molecule has 1 aromatic rings. The SMILES string of the molecule is CN(CCOCCCl)Cc1ccccc1F. The second-order valence-electron chi connectivity index (χ2n) is 3.63. The smallest absolute Gasteiger partial charge is 0.127 e. The van der Waals surface area contributed by atoms with Crippen LogP contribution in [0.5, 0.6) is 0 Å². The summed E-state index contributed by atoms with van der Waals surface area (Å²) in [6.07, 6.45) is 0. The van der Waals surface area contributed by atoms with Crippen LogP contribution >= 0.6 is 11.6 Å². The zero-order chi connectivity index (χ0) is 11.8. The number of likely N-dealkylation sites (N-methyl/N-ethyl adjacent to an activating group) is 1. The Kier molecular flexibility index (Phi) is 6.38. The molecule has 16 heavy (non-hydrogen) atoms. The number of halogens is 2. The van der Waals surface area contributed by atoms with Crippen LogP contribution in [0.3, 0.4) is 0 Å². The van der Waals surface area contributed by atoms with Gasteiger partial charge in [0.25, 0.3) is 0 Å². The van der Waals surface area contributed by atoms with Crippen molar-refractivity contribution in [1.82, 2.24) is 4.90 Å². The minimum Gasteiger partial charge on any atom is -0.379 e. The molecule has 1 rings (SSSR count). The third-order valence-electron chi connectivity index (χ3n) is 2.24. The van der Waals surface area contributed by atoms with Crippen LogP contribution in [0.25, 0.3) is 0 Å². The predicted molar refractivity (Wildman–Crippen MR) is 64.3 cm³/mol. The van der Waals surface area contributed by atoms with Gasteiger partial charge in [-0.15, -0.1) is 11.6 Å². The van der Waals surface area contributed by atoms with E-state index >= 15 is 0 Å². The Morgan fingerprint density at radius 2 is 2.06 bits per heavy atom. The molecular weight excluding hydrogens is 229 g/mol. The molecule has 0 spiro atoms. The highest BCUT2D eigenvalue weighted by molar-refractivity contribution is 6.17. The maximum Gasteiger partial charge on any atom is 0.127 e. The molecule has 2 nitrogen and oxygen atoms in total. The highest BCUT2D eigenvalue weighted by Gasteiger charge is 2.04. The molecule has 0 saturated carbocycles. The lowest BCUT2D eigenvalue weighted by Crippen LogP contribution is -2.23. The molecule has 4 heteroatoms. The van der Waals surface area contributed by atoms with Gasteiger partial charge in [0.15, 0.2) is 0 Å². The molecule has 1 aromatic carbocycles. The topological polar surface area (TPSA) is 12.5 Å². The summed E-state index contributed by atoms with van der Waals surface area (Å²) in [6.45, 7) is 2.55. The number of hydrogen-bond acceptors (Lipinski definition) is 2. The van der Waals surface area contributed by atoms with Crippen molar-refractivity contribution >= 4 is 11.6 Å².